The smallest absolute Gasteiger partial charge is 0.221 e. The van der Waals surface area contributed by atoms with Crippen LogP contribution in [0.2, 0.25) is 0 Å². The standard InChI is InChI=1S/C20H25NO3S/c1-15(17-9-10-18(23-2)19(13-17)24-3)21-20(22)11-12-25-14-16-7-5-4-6-8-16/h4-10,13,15H,11-12,14H2,1-3H3,(H,21,22). The third kappa shape index (κ3) is 6.02. The maximum atomic E-state index is 12.1. The lowest BCUT2D eigenvalue weighted by molar-refractivity contribution is -0.121. The number of thioether (sulfide) groups is 1. The molecule has 25 heavy (non-hydrogen) atoms. The molecule has 0 fully saturated rings. The van der Waals surface area contributed by atoms with E-state index in [9.17, 15) is 4.79 Å². The summed E-state index contributed by atoms with van der Waals surface area (Å²) in [5.41, 5.74) is 2.27. The van der Waals surface area contributed by atoms with Gasteiger partial charge in [0.1, 0.15) is 0 Å². The molecule has 0 spiro atoms. The minimum atomic E-state index is -0.0774. The minimum Gasteiger partial charge on any atom is -0.493 e. The molecule has 0 aliphatic heterocycles. The van der Waals surface area contributed by atoms with Gasteiger partial charge in [-0.15, -0.1) is 0 Å². The monoisotopic (exact) mass is 359 g/mol. The summed E-state index contributed by atoms with van der Waals surface area (Å²) < 4.78 is 10.6. The van der Waals surface area contributed by atoms with E-state index in [4.69, 9.17) is 9.47 Å². The van der Waals surface area contributed by atoms with Crippen molar-refractivity contribution < 1.29 is 14.3 Å². The summed E-state index contributed by atoms with van der Waals surface area (Å²) in [5, 5.41) is 3.03. The summed E-state index contributed by atoms with van der Waals surface area (Å²) in [5.74, 6) is 3.14. The van der Waals surface area contributed by atoms with Crippen LogP contribution < -0.4 is 14.8 Å². The van der Waals surface area contributed by atoms with Crippen LogP contribution in [0, 0.1) is 0 Å². The largest absolute Gasteiger partial charge is 0.493 e. The molecule has 2 aromatic rings. The molecule has 1 atom stereocenters. The van der Waals surface area contributed by atoms with Gasteiger partial charge in [-0.3, -0.25) is 4.79 Å². The Bertz CT molecular complexity index is 676. The third-order valence-corrected chi connectivity index (χ3v) is 4.90. The van der Waals surface area contributed by atoms with Gasteiger partial charge in [-0.1, -0.05) is 36.4 Å². The number of amides is 1. The van der Waals surface area contributed by atoms with Gasteiger partial charge in [0.2, 0.25) is 5.91 Å². The molecule has 1 amide bonds. The molecule has 1 unspecified atom stereocenters. The number of carbonyl (C=O) groups excluding carboxylic acids is 1. The van der Waals surface area contributed by atoms with Gasteiger partial charge < -0.3 is 14.8 Å². The van der Waals surface area contributed by atoms with Crippen molar-refractivity contribution in [2.24, 2.45) is 0 Å². The number of ether oxygens (including phenoxy) is 2. The zero-order valence-electron chi connectivity index (χ0n) is 15.0. The Morgan fingerprint density at radius 2 is 1.80 bits per heavy atom. The van der Waals surface area contributed by atoms with Gasteiger partial charge in [0.15, 0.2) is 11.5 Å². The van der Waals surface area contributed by atoms with Gasteiger partial charge in [0, 0.05) is 17.9 Å². The highest BCUT2D eigenvalue weighted by molar-refractivity contribution is 7.98. The van der Waals surface area contributed by atoms with Gasteiger partial charge >= 0.3 is 0 Å². The van der Waals surface area contributed by atoms with E-state index in [1.165, 1.54) is 5.56 Å². The number of hydrogen-bond acceptors (Lipinski definition) is 4. The molecule has 2 aromatic carbocycles. The molecule has 0 bridgehead atoms. The molecular formula is C20H25NO3S. The molecule has 4 nitrogen and oxygen atoms in total. The first kappa shape index (κ1) is 19.2. The average molecular weight is 359 g/mol. The zero-order valence-corrected chi connectivity index (χ0v) is 15.8. The average Bonchev–Trinajstić information content (AvgIpc) is 2.65. The lowest BCUT2D eigenvalue weighted by Gasteiger charge is -2.16. The molecule has 0 aliphatic rings. The molecule has 0 aromatic heterocycles. The zero-order chi connectivity index (χ0) is 18.1. The van der Waals surface area contributed by atoms with Crippen molar-refractivity contribution in [2.75, 3.05) is 20.0 Å². The van der Waals surface area contributed by atoms with E-state index in [-0.39, 0.29) is 11.9 Å². The van der Waals surface area contributed by atoms with Crippen molar-refractivity contribution in [2.45, 2.75) is 25.1 Å². The highest BCUT2D eigenvalue weighted by atomic mass is 32.2. The lowest BCUT2D eigenvalue weighted by atomic mass is 10.1. The minimum absolute atomic E-state index is 0.0582. The van der Waals surface area contributed by atoms with Crippen LogP contribution >= 0.6 is 11.8 Å². The number of hydrogen-bond donors (Lipinski definition) is 1. The predicted molar refractivity (Wildman–Crippen MR) is 103 cm³/mol. The van der Waals surface area contributed by atoms with Gasteiger partial charge in [-0.25, -0.2) is 0 Å². The van der Waals surface area contributed by atoms with Crippen LogP contribution in [0.1, 0.15) is 30.5 Å². The van der Waals surface area contributed by atoms with Crippen LogP contribution in [-0.4, -0.2) is 25.9 Å². The van der Waals surface area contributed by atoms with Crippen molar-refractivity contribution >= 4 is 17.7 Å². The lowest BCUT2D eigenvalue weighted by Crippen LogP contribution is -2.26. The molecule has 1 N–H and O–H groups in total. The van der Waals surface area contributed by atoms with E-state index >= 15 is 0 Å². The van der Waals surface area contributed by atoms with Crippen molar-refractivity contribution in [3.63, 3.8) is 0 Å². The Balaban J connectivity index is 1.78. The van der Waals surface area contributed by atoms with E-state index < -0.39 is 0 Å². The normalized spacial score (nSPS) is 11.6. The maximum Gasteiger partial charge on any atom is 0.221 e. The van der Waals surface area contributed by atoms with Crippen LogP contribution in [0.3, 0.4) is 0 Å². The van der Waals surface area contributed by atoms with E-state index in [0.717, 1.165) is 17.1 Å². The van der Waals surface area contributed by atoms with Crippen molar-refractivity contribution in [3.8, 4) is 11.5 Å². The summed E-state index contributed by atoms with van der Waals surface area (Å²) in [7, 11) is 3.21. The van der Waals surface area contributed by atoms with Crippen LogP contribution in [0.5, 0.6) is 11.5 Å². The first-order valence-electron chi connectivity index (χ1n) is 8.27. The Morgan fingerprint density at radius 3 is 2.48 bits per heavy atom. The van der Waals surface area contributed by atoms with Gasteiger partial charge in [-0.05, 0) is 30.2 Å². The second-order valence-corrected chi connectivity index (χ2v) is 6.80. The van der Waals surface area contributed by atoms with Crippen molar-refractivity contribution in [3.05, 3.63) is 59.7 Å². The van der Waals surface area contributed by atoms with E-state index in [1.54, 1.807) is 26.0 Å². The number of benzene rings is 2. The topological polar surface area (TPSA) is 47.6 Å². The number of carbonyl (C=O) groups is 1. The Hall–Kier alpha value is -2.14. The van der Waals surface area contributed by atoms with Crippen LogP contribution in [0.25, 0.3) is 0 Å². The summed E-state index contributed by atoms with van der Waals surface area (Å²) in [6.07, 6.45) is 0.509. The highest BCUT2D eigenvalue weighted by Crippen LogP contribution is 2.29. The van der Waals surface area contributed by atoms with Crippen molar-refractivity contribution in [1.82, 2.24) is 5.32 Å². The first-order chi connectivity index (χ1) is 12.1. The van der Waals surface area contributed by atoms with Gasteiger partial charge in [0.25, 0.3) is 0 Å². The summed E-state index contributed by atoms with van der Waals surface area (Å²) in [4.78, 5) is 12.1. The quantitative estimate of drug-likeness (QED) is 0.682. The van der Waals surface area contributed by atoms with E-state index in [1.807, 2.05) is 43.3 Å². The van der Waals surface area contributed by atoms with Gasteiger partial charge in [0.05, 0.1) is 20.3 Å². The molecule has 0 saturated heterocycles. The van der Waals surface area contributed by atoms with Crippen LogP contribution in [0.4, 0.5) is 0 Å². The number of rotatable bonds is 9. The molecule has 134 valence electrons. The SMILES string of the molecule is COc1ccc(C(C)NC(=O)CCSCc2ccccc2)cc1OC. The second kappa shape index (κ2) is 9.99. The first-order valence-corrected chi connectivity index (χ1v) is 9.42. The molecule has 0 heterocycles. The fourth-order valence-corrected chi connectivity index (χ4v) is 3.35. The fraction of sp³-hybridized carbons (Fsp3) is 0.350. The molecular weight excluding hydrogens is 334 g/mol. The van der Waals surface area contributed by atoms with Crippen LogP contribution in [0.15, 0.2) is 48.5 Å². The molecule has 5 heteroatoms. The Kier molecular flexibility index (Phi) is 7.67. The molecule has 0 radical (unpaired) electrons. The molecule has 0 saturated carbocycles. The van der Waals surface area contributed by atoms with E-state index in [0.29, 0.717) is 17.9 Å². The summed E-state index contributed by atoms with van der Waals surface area (Å²) in [6, 6.07) is 15.9. The fourth-order valence-electron chi connectivity index (χ4n) is 2.45. The van der Waals surface area contributed by atoms with Crippen LogP contribution in [-0.2, 0) is 10.5 Å². The molecule has 0 aliphatic carbocycles. The Labute approximate surface area is 153 Å². The Morgan fingerprint density at radius 1 is 1.08 bits per heavy atom. The summed E-state index contributed by atoms with van der Waals surface area (Å²) >= 11 is 1.77. The number of methoxy groups -OCH3 is 2. The predicted octanol–water partition coefficient (Wildman–Crippen LogP) is 4.20. The van der Waals surface area contributed by atoms with E-state index in [2.05, 4.69) is 17.4 Å². The number of nitrogens with one attached hydrogen (secondary N) is 1. The third-order valence-electron chi connectivity index (χ3n) is 3.87. The molecule has 2 rings (SSSR count). The highest BCUT2D eigenvalue weighted by Gasteiger charge is 2.12. The van der Waals surface area contributed by atoms with Crippen molar-refractivity contribution in [1.29, 1.82) is 0 Å². The summed E-state index contributed by atoms with van der Waals surface area (Å²) in [6.45, 7) is 1.97. The maximum absolute atomic E-state index is 12.1. The second-order valence-electron chi connectivity index (χ2n) is 5.69. The van der Waals surface area contributed by atoms with Gasteiger partial charge in [-0.2, -0.15) is 11.8 Å².